The van der Waals surface area contributed by atoms with E-state index in [2.05, 4.69) is 0 Å². The Bertz CT molecular complexity index is 628. The first kappa shape index (κ1) is 17.3. The van der Waals surface area contributed by atoms with E-state index in [0.717, 1.165) is 5.56 Å². The molecule has 1 aromatic rings. The average molecular weight is 344 g/mol. The van der Waals surface area contributed by atoms with E-state index in [9.17, 15) is 13.2 Å². The quantitative estimate of drug-likeness (QED) is 0.793. The van der Waals surface area contributed by atoms with Crippen molar-refractivity contribution in [2.24, 2.45) is 5.41 Å². The van der Waals surface area contributed by atoms with Gasteiger partial charge in [0.1, 0.15) is 0 Å². The van der Waals surface area contributed by atoms with Crippen LogP contribution in [0.25, 0.3) is 0 Å². The number of carbonyl (C=O) groups excluding carboxylic acids is 1. The molecule has 122 valence electrons. The molecule has 0 aromatic heterocycles. The number of nitrogens with zero attached hydrogens (tertiary/aromatic N) is 1. The molecule has 1 amide bonds. The first-order valence-electron chi connectivity index (χ1n) is 7.40. The minimum Gasteiger partial charge on any atom is -0.341 e. The summed E-state index contributed by atoms with van der Waals surface area (Å²) in [4.78, 5) is 14.1. The lowest BCUT2D eigenvalue weighted by atomic mass is 9.94. The molecule has 4 nitrogen and oxygen atoms in total. The van der Waals surface area contributed by atoms with Crippen molar-refractivity contribution in [3.63, 3.8) is 0 Å². The van der Waals surface area contributed by atoms with Crippen molar-refractivity contribution in [3.8, 4) is 0 Å². The average Bonchev–Trinajstić information content (AvgIpc) is 2.65. The van der Waals surface area contributed by atoms with Crippen LogP contribution in [0, 0.1) is 5.41 Å². The molecule has 1 aromatic carbocycles. The van der Waals surface area contributed by atoms with Gasteiger partial charge >= 0.3 is 0 Å². The van der Waals surface area contributed by atoms with Crippen molar-refractivity contribution >= 4 is 27.3 Å². The van der Waals surface area contributed by atoms with Crippen LogP contribution < -0.4 is 0 Å². The van der Waals surface area contributed by atoms with Gasteiger partial charge in [-0.1, -0.05) is 30.3 Å². The van der Waals surface area contributed by atoms with Gasteiger partial charge in [0.25, 0.3) is 0 Å². The second kappa shape index (κ2) is 6.59. The summed E-state index contributed by atoms with van der Waals surface area (Å²) >= 11 is 5.86. The van der Waals surface area contributed by atoms with Gasteiger partial charge in [-0.05, 0) is 25.8 Å². The Morgan fingerprint density at radius 3 is 2.50 bits per heavy atom. The van der Waals surface area contributed by atoms with Gasteiger partial charge in [-0.15, -0.1) is 11.6 Å². The minimum absolute atomic E-state index is 0.00331. The predicted molar refractivity (Wildman–Crippen MR) is 88.7 cm³/mol. The molecular formula is C16H22ClNO3S. The molecule has 0 bridgehead atoms. The lowest BCUT2D eigenvalue weighted by Crippen LogP contribution is -2.43. The standard InChI is InChI=1S/C16H22ClNO3S/c1-16(2,12-17)15(19)18-9-8-14(22(20,21)11-10-18)13-6-4-3-5-7-13/h3-7,14H,8-12H2,1-2H3. The van der Waals surface area contributed by atoms with Crippen LogP contribution in [0.1, 0.15) is 31.1 Å². The van der Waals surface area contributed by atoms with Crippen molar-refractivity contribution in [3.05, 3.63) is 35.9 Å². The zero-order chi connectivity index (χ0) is 16.4. The van der Waals surface area contributed by atoms with Gasteiger partial charge < -0.3 is 4.90 Å². The second-order valence-electron chi connectivity index (χ2n) is 6.36. The molecule has 1 heterocycles. The maximum atomic E-state index is 12.5. The normalized spacial score (nSPS) is 22.1. The third kappa shape index (κ3) is 3.63. The van der Waals surface area contributed by atoms with Gasteiger partial charge in [0.2, 0.25) is 5.91 Å². The smallest absolute Gasteiger partial charge is 0.229 e. The molecule has 0 radical (unpaired) electrons. The van der Waals surface area contributed by atoms with E-state index in [0.29, 0.717) is 13.0 Å². The first-order chi connectivity index (χ1) is 10.3. The third-order valence-corrected chi connectivity index (χ3v) is 6.91. The zero-order valence-corrected chi connectivity index (χ0v) is 14.5. The van der Waals surface area contributed by atoms with Crippen LogP contribution in [-0.4, -0.2) is 43.9 Å². The Labute approximate surface area is 137 Å². The second-order valence-corrected chi connectivity index (χ2v) is 8.93. The van der Waals surface area contributed by atoms with E-state index in [1.807, 2.05) is 30.3 Å². The molecule has 22 heavy (non-hydrogen) atoms. The maximum Gasteiger partial charge on any atom is 0.229 e. The maximum absolute atomic E-state index is 12.5. The fraction of sp³-hybridized carbons (Fsp3) is 0.562. The van der Waals surface area contributed by atoms with Crippen molar-refractivity contribution in [2.45, 2.75) is 25.5 Å². The minimum atomic E-state index is -3.26. The highest BCUT2D eigenvalue weighted by molar-refractivity contribution is 7.91. The molecule has 6 heteroatoms. The van der Waals surface area contributed by atoms with Crippen molar-refractivity contribution in [2.75, 3.05) is 24.7 Å². The number of halogens is 1. The van der Waals surface area contributed by atoms with Gasteiger partial charge in [-0.3, -0.25) is 4.79 Å². The summed E-state index contributed by atoms with van der Waals surface area (Å²) in [6.45, 7) is 4.26. The molecule has 0 spiro atoms. The molecule has 1 saturated heterocycles. The number of sulfone groups is 1. The molecule has 0 saturated carbocycles. The summed E-state index contributed by atoms with van der Waals surface area (Å²) in [5.74, 6) is 0.139. The van der Waals surface area contributed by atoms with Crippen LogP contribution in [0.5, 0.6) is 0 Å². The number of hydrogen-bond acceptors (Lipinski definition) is 3. The SMILES string of the molecule is CC(C)(CCl)C(=O)N1CCC(c2ccccc2)S(=O)(=O)CC1. The van der Waals surface area contributed by atoms with E-state index in [1.54, 1.807) is 18.7 Å². The van der Waals surface area contributed by atoms with Crippen LogP contribution in [0.2, 0.25) is 0 Å². The van der Waals surface area contributed by atoms with Crippen molar-refractivity contribution < 1.29 is 13.2 Å². The Balaban J connectivity index is 2.22. The van der Waals surface area contributed by atoms with E-state index in [-0.39, 0.29) is 24.1 Å². The summed E-state index contributed by atoms with van der Waals surface area (Å²) in [5, 5.41) is -0.536. The Kier molecular flexibility index (Phi) is 5.17. The number of alkyl halides is 1. The third-order valence-electron chi connectivity index (χ3n) is 4.11. The molecule has 1 aliphatic heterocycles. The number of rotatable bonds is 3. The van der Waals surface area contributed by atoms with E-state index in [4.69, 9.17) is 11.6 Å². The predicted octanol–water partition coefficient (Wildman–Crippen LogP) is 2.64. The van der Waals surface area contributed by atoms with Crippen LogP contribution in [-0.2, 0) is 14.6 Å². The van der Waals surface area contributed by atoms with Crippen LogP contribution in [0.15, 0.2) is 30.3 Å². The summed E-state index contributed by atoms with van der Waals surface area (Å²) in [7, 11) is -3.26. The van der Waals surface area contributed by atoms with E-state index >= 15 is 0 Å². The summed E-state index contributed by atoms with van der Waals surface area (Å²) in [5.41, 5.74) is 0.131. The Morgan fingerprint density at radius 2 is 1.91 bits per heavy atom. The van der Waals surface area contributed by atoms with Crippen LogP contribution in [0.3, 0.4) is 0 Å². The molecule has 1 atom stereocenters. The lowest BCUT2D eigenvalue weighted by molar-refractivity contribution is -0.139. The van der Waals surface area contributed by atoms with Crippen molar-refractivity contribution in [1.29, 1.82) is 0 Å². The fourth-order valence-electron chi connectivity index (χ4n) is 2.67. The van der Waals surface area contributed by atoms with Gasteiger partial charge in [0, 0.05) is 19.0 Å². The monoisotopic (exact) mass is 343 g/mol. The highest BCUT2D eigenvalue weighted by atomic mass is 35.5. The molecule has 1 unspecified atom stereocenters. The summed E-state index contributed by atoms with van der Waals surface area (Å²) in [6, 6.07) is 9.22. The van der Waals surface area contributed by atoms with Crippen molar-refractivity contribution in [1.82, 2.24) is 4.90 Å². The lowest BCUT2D eigenvalue weighted by Gasteiger charge is -2.29. The molecular weight excluding hydrogens is 322 g/mol. The van der Waals surface area contributed by atoms with E-state index in [1.165, 1.54) is 0 Å². The Morgan fingerprint density at radius 1 is 1.27 bits per heavy atom. The molecule has 1 fully saturated rings. The topological polar surface area (TPSA) is 54.5 Å². The van der Waals surface area contributed by atoms with Gasteiger partial charge in [-0.2, -0.15) is 0 Å². The van der Waals surface area contributed by atoms with Gasteiger partial charge in [0.15, 0.2) is 9.84 Å². The first-order valence-corrected chi connectivity index (χ1v) is 9.65. The summed E-state index contributed by atoms with van der Waals surface area (Å²) in [6.07, 6.45) is 0.427. The number of benzene rings is 1. The molecule has 2 rings (SSSR count). The number of carbonyl (C=O) groups is 1. The van der Waals surface area contributed by atoms with Crippen LogP contribution >= 0.6 is 11.6 Å². The largest absolute Gasteiger partial charge is 0.341 e. The van der Waals surface area contributed by atoms with E-state index < -0.39 is 20.5 Å². The van der Waals surface area contributed by atoms with Gasteiger partial charge in [-0.25, -0.2) is 8.42 Å². The zero-order valence-electron chi connectivity index (χ0n) is 13.0. The number of amides is 1. The fourth-order valence-corrected chi connectivity index (χ4v) is 4.58. The Hall–Kier alpha value is -1.07. The number of hydrogen-bond donors (Lipinski definition) is 0. The van der Waals surface area contributed by atoms with Gasteiger partial charge in [0.05, 0.1) is 16.4 Å². The highest BCUT2D eigenvalue weighted by Gasteiger charge is 2.36. The molecule has 1 aliphatic rings. The molecule has 0 N–H and O–H groups in total. The highest BCUT2D eigenvalue weighted by Crippen LogP contribution is 2.31. The van der Waals surface area contributed by atoms with Crippen LogP contribution in [0.4, 0.5) is 0 Å². The summed E-state index contributed by atoms with van der Waals surface area (Å²) < 4.78 is 25.1. The molecule has 0 aliphatic carbocycles.